The Hall–Kier alpha value is -2.83. The minimum atomic E-state index is -4.81. The van der Waals surface area contributed by atoms with Gasteiger partial charge in [-0.05, 0) is 55.0 Å². The zero-order valence-electron chi connectivity index (χ0n) is 15.3. The Morgan fingerprint density at radius 3 is 1.97 bits per heavy atom. The van der Waals surface area contributed by atoms with E-state index in [0.29, 0.717) is 0 Å². The van der Waals surface area contributed by atoms with E-state index in [4.69, 9.17) is 9.84 Å². The van der Waals surface area contributed by atoms with Crippen molar-refractivity contribution in [1.82, 2.24) is 5.06 Å². The molecule has 1 unspecified atom stereocenters. The SMILES string of the molecule is O=CN(O)C(CCO)CS(=O)(=O)c1ccc(Oc2ccc(OC(F)(F)F)cc2)cc1. The summed E-state index contributed by atoms with van der Waals surface area (Å²) in [5.41, 5.74) is 0. The maximum atomic E-state index is 12.5. The van der Waals surface area contributed by atoms with Gasteiger partial charge in [0.1, 0.15) is 17.2 Å². The van der Waals surface area contributed by atoms with Crippen LogP contribution in [-0.4, -0.2) is 55.0 Å². The number of rotatable bonds is 10. The van der Waals surface area contributed by atoms with Crippen molar-refractivity contribution in [2.24, 2.45) is 0 Å². The molecule has 2 rings (SSSR count). The van der Waals surface area contributed by atoms with Crippen molar-refractivity contribution in [3.05, 3.63) is 48.5 Å². The number of aliphatic hydroxyl groups is 1. The molecule has 0 aliphatic carbocycles. The van der Waals surface area contributed by atoms with Crippen LogP contribution in [0.5, 0.6) is 17.2 Å². The van der Waals surface area contributed by atoms with Gasteiger partial charge in [-0.15, -0.1) is 13.2 Å². The summed E-state index contributed by atoms with van der Waals surface area (Å²) in [7, 11) is -3.90. The zero-order chi connectivity index (χ0) is 22.4. The second-order valence-electron chi connectivity index (χ2n) is 6.03. The lowest BCUT2D eigenvalue weighted by Gasteiger charge is -2.21. The Labute approximate surface area is 169 Å². The molecule has 2 N–H and O–H groups in total. The van der Waals surface area contributed by atoms with Gasteiger partial charge in [-0.2, -0.15) is 0 Å². The molecule has 0 heterocycles. The standard InChI is InChI=1S/C18H18F3NO7S/c19-18(20,21)29-16-3-1-14(2-4-16)28-15-5-7-17(8-6-15)30(26,27)11-13(9-10-23)22(25)12-24/h1-8,12-13,23,25H,9-11H2. The average Bonchev–Trinajstić information content (AvgIpc) is 2.68. The highest BCUT2D eigenvalue weighted by Gasteiger charge is 2.31. The Kier molecular flexibility index (Phi) is 7.65. The van der Waals surface area contributed by atoms with Crippen molar-refractivity contribution >= 4 is 16.2 Å². The predicted molar refractivity (Wildman–Crippen MR) is 96.9 cm³/mol. The third-order valence-electron chi connectivity index (χ3n) is 3.83. The van der Waals surface area contributed by atoms with Crippen molar-refractivity contribution < 1.29 is 46.2 Å². The summed E-state index contributed by atoms with van der Waals surface area (Å²) in [5, 5.41) is 18.6. The van der Waals surface area contributed by atoms with Gasteiger partial charge < -0.3 is 14.6 Å². The number of halogens is 3. The molecule has 12 heteroatoms. The highest BCUT2D eigenvalue weighted by molar-refractivity contribution is 7.91. The number of alkyl halides is 3. The Morgan fingerprint density at radius 1 is 1.00 bits per heavy atom. The first-order valence-corrected chi connectivity index (χ1v) is 10.1. The molecule has 0 fully saturated rings. The molecule has 164 valence electrons. The van der Waals surface area contributed by atoms with Gasteiger partial charge in [0, 0.05) is 6.61 Å². The molecule has 2 aromatic carbocycles. The fourth-order valence-electron chi connectivity index (χ4n) is 2.44. The second kappa shape index (κ2) is 9.78. The van der Waals surface area contributed by atoms with Crippen molar-refractivity contribution in [3.63, 3.8) is 0 Å². The van der Waals surface area contributed by atoms with Crippen molar-refractivity contribution in [2.75, 3.05) is 12.4 Å². The van der Waals surface area contributed by atoms with Gasteiger partial charge >= 0.3 is 6.36 Å². The molecule has 0 saturated carbocycles. The van der Waals surface area contributed by atoms with E-state index in [1.165, 1.54) is 36.4 Å². The Bertz CT molecular complexity index is 932. The van der Waals surface area contributed by atoms with E-state index in [0.717, 1.165) is 12.1 Å². The molecule has 1 atom stereocenters. The lowest BCUT2D eigenvalue weighted by atomic mass is 10.2. The number of nitrogens with zero attached hydrogens (tertiary/aromatic N) is 1. The lowest BCUT2D eigenvalue weighted by Crippen LogP contribution is -2.37. The number of carbonyl (C=O) groups excluding carboxylic acids is 1. The molecule has 0 aromatic heterocycles. The molecular formula is C18H18F3NO7S. The molecule has 0 bridgehead atoms. The number of amides is 1. The number of ether oxygens (including phenoxy) is 2. The Morgan fingerprint density at radius 2 is 1.50 bits per heavy atom. The van der Waals surface area contributed by atoms with Gasteiger partial charge in [0.25, 0.3) is 0 Å². The van der Waals surface area contributed by atoms with Crippen LogP contribution in [0.1, 0.15) is 6.42 Å². The monoisotopic (exact) mass is 449 g/mol. The summed E-state index contributed by atoms with van der Waals surface area (Å²) >= 11 is 0. The van der Waals surface area contributed by atoms with Crippen molar-refractivity contribution in [3.8, 4) is 17.2 Å². The number of benzene rings is 2. The summed E-state index contributed by atoms with van der Waals surface area (Å²) in [4.78, 5) is 10.6. The number of hydrogen-bond acceptors (Lipinski definition) is 7. The molecule has 2 aromatic rings. The molecule has 1 amide bonds. The van der Waals surface area contributed by atoms with Crippen molar-refractivity contribution in [1.29, 1.82) is 0 Å². The first kappa shape index (κ1) is 23.4. The molecule has 30 heavy (non-hydrogen) atoms. The van der Waals surface area contributed by atoms with Gasteiger partial charge in [0.05, 0.1) is 16.7 Å². The van der Waals surface area contributed by atoms with Crippen LogP contribution < -0.4 is 9.47 Å². The highest BCUT2D eigenvalue weighted by atomic mass is 32.2. The van der Waals surface area contributed by atoms with Crippen LogP contribution in [0, 0.1) is 0 Å². The molecule has 8 nitrogen and oxygen atoms in total. The molecular weight excluding hydrogens is 431 g/mol. The van der Waals surface area contributed by atoms with Gasteiger partial charge in [0.15, 0.2) is 9.84 Å². The molecule has 0 spiro atoms. The van der Waals surface area contributed by atoms with Crippen LogP contribution in [0.4, 0.5) is 13.2 Å². The van der Waals surface area contributed by atoms with E-state index >= 15 is 0 Å². The first-order chi connectivity index (χ1) is 14.0. The minimum absolute atomic E-state index is 0.0534. The summed E-state index contributed by atoms with van der Waals surface area (Å²) in [6.07, 6.45) is -4.89. The number of carbonyl (C=O) groups is 1. The smallest absolute Gasteiger partial charge is 0.457 e. The second-order valence-corrected chi connectivity index (χ2v) is 8.06. The zero-order valence-corrected chi connectivity index (χ0v) is 16.1. The summed E-state index contributed by atoms with van der Waals surface area (Å²) in [5.74, 6) is -0.599. The van der Waals surface area contributed by atoms with Crippen molar-refractivity contribution in [2.45, 2.75) is 23.7 Å². The molecule has 0 saturated heterocycles. The molecule has 0 aliphatic rings. The fraction of sp³-hybridized carbons (Fsp3) is 0.278. The largest absolute Gasteiger partial charge is 0.573 e. The number of hydroxylamine groups is 2. The van der Waals surface area contributed by atoms with E-state index in [1.807, 2.05) is 0 Å². The normalized spacial score (nSPS) is 12.8. The quantitative estimate of drug-likeness (QED) is 0.326. The topological polar surface area (TPSA) is 113 Å². The van der Waals surface area contributed by atoms with Gasteiger partial charge in [-0.1, -0.05) is 0 Å². The van der Waals surface area contributed by atoms with Crippen LogP contribution in [0.3, 0.4) is 0 Å². The summed E-state index contributed by atoms with van der Waals surface area (Å²) < 4.78 is 70.6. The summed E-state index contributed by atoms with van der Waals surface area (Å²) in [6.45, 7) is -0.426. The van der Waals surface area contributed by atoms with Crippen LogP contribution in [0.2, 0.25) is 0 Å². The predicted octanol–water partition coefficient (Wildman–Crippen LogP) is 2.75. The van der Waals surface area contributed by atoms with E-state index in [2.05, 4.69) is 4.74 Å². The fourth-order valence-corrected chi connectivity index (χ4v) is 4.01. The lowest BCUT2D eigenvalue weighted by molar-refractivity contribution is -0.274. The molecule has 0 radical (unpaired) electrons. The third-order valence-corrected chi connectivity index (χ3v) is 5.65. The number of hydrogen-bond donors (Lipinski definition) is 2. The van der Waals surface area contributed by atoms with E-state index < -0.39 is 40.4 Å². The molecule has 0 aliphatic heterocycles. The maximum absolute atomic E-state index is 12.5. The van der Waals surface area contributed by atoms with Crippen LogP contribution >= 0.6 is 0 Å². The van der Waals surface area contributed by atoms with Gasteiger partial charge in [-0.25, -0.2) is 13.5 Å². The number of aliphatic hydroxyl groups excluding tert-OH is 1. The summed E-state index contributed by atoms with van der Waals surface area (Å²) in [6, 6.07) is 8.67. The third kappa shape index (κ3) is 6.90. The average molecular weight is 449 g/mol. The van der Waals surface area contributed by atoms with E-state index in [1.54, 1.807) is 0 Å². The Balaban J connectivity index is 2.07. The van der Waals surface area contributed by atoms with Gasteiger partial charge in [0.2, 0.25) is 6.41 Å². The first-order valence-electron chi connectivity index (χ1n) is 8.44. The van der Waals surface area contributed by atoms with E-state index in [9.17, 15) is 31.6 Å². The van der Waals surface area contributed by atoms with Crippen LogP contribution in [-0.2, 0) is 14.6 Å². The number of sulfone groups is 1. The minimum Gasteiger partial charge on any atom is -0.457 e. The maximum Gasteiger partial charge on any atom is 0.573 e. The van der Waals surface area contributed by atoms with E-state index in [-0.39, 0.29) is 34.3 Å². The van der Waals surface area contributed by atoms with Gasteiger partial charge in [-0.3, -0.25) is 10.0 Å². The van der Waals surface area contributed by atoms with Crippen LogP contribution in [0.25, 0.3) is 0 Å². The van der Waals surface area contributed by atoms with Crippen LogP contribution in [0.15, 0.2) is 53.4 Å². The highest BCUT2D eigenvalue weighted by Crippen LogP contribution is 2.28.